The van der Waals surface area contributed by atoms with E-state index in [1.807, 2.05) is 0 Å². The summed E-state index contributed by atoms with van der Waals surface area (Å²) >= 11 is 6.01. The molecular weight excluding hydrogens is 268 g/mol. The van der Waals surface area contributed by atoms with Crippen molar-refractivity contribution in [2.24, 2.45) is 0 Å². The number of fused-ring (bicyclic) bond motifs is 1. The molecule has 0 aliphatic heterocycles. The van der Waals surface area contributed by atoms with Crippen LogP contribution in [0.3, 0.4) is 0 Å². The van der Waals surface area contributed by atoms with Crippen molar-refractivity contribution in [3.05, 3.63) is 68.2 Å². The summed E-state index contributed by atoms with van der Waals surface area (Å²) in [7, 11) is 0. The second-order valence-corrected chi connectivity index (χ2v) is 4.47. The molecule has 6 heteroatoms. The van der Waals surface area contributed by atoms with Crippen LogP contribution in [0.25, 0.3) is 10.9 Å². The van der Waals surface area contributed by atoms with Gasteiger partial charge in [-0.05, 0) is 24.3 Å². The Labute approximate surface area is 112 Å². The topological polar surface area (TPSA) is 68.0 Å². The Morgan fingerprint density at radius 2 is 2.05 bits per heavy atom. The lowest BCUT2D eigenvalue weighted by Crippen LogP contribution is -2.35. The number of hydrogen-bond acceptors (Lipinski definition) is 3. The third-order valence-electron chi connectivity index (χ3n) is 2.85. The maximum atomic E-state index is 12.3. The number of aromatic nitrogens is 2. The maximum absolute atomic E-state index is 12.3. The molecule has 0 spiro atoms. The van der Waals surface area contributed by atoms with Crippen LogP contribution in [0.2, 0.25) is 5.02 Å². The normalized spacial score (nSPS) is 11.0. The van der Waals surface area contributed by atoms with Gasteiger partial charge in [-0.3, -0.25) is 9.36 Å². The van der Waals surface area contributed by atoms with E-state index in [-0.39, 0.29) is 6.54 Å². The number of aromatic amines is 1. The average Bonchev–Trinajstić information content (AvgIpc) is 2.87. The Morgan fingerprint density at radius 1 is 1.21 bits per heavy atom. The second-order valence-electron chi connectivity index (χ2n) is 4.06. The molecule has 1 aromatic carbocycles. The molecular formula is C13H9ClN2O3. The number of H-pyrrole nitrogens is 1. The number of nitrogens with zero attached hydrogens (tertiary/aromatic N) is 1. The van der Waals surface area contributed by atoms with E-state index in [9.17, 15) is 9.59 Å². The molecule has 19 heavy (non-hydrogen) atoms. The molecule has 0 atom stereocenters. The van der Waals surface area contributed by atoms with Crippen molar-refractivity contribution in [1.82, 2.24) is 9.55 Å². The monoisotopic (exact) mass is 276 g/mol. The van der Waals surface area contributed by atoms with Crippen molar-refractivity contribution < 1.29 is 4.42 Å². The Hall–Kier alpha value is -2.27. The molecule has 2 aromatic heterocycles. The molecule has 0 radical (unpaired) electrons. The minimum absolute atomic E-state index is 0.0718. The number of rotatable bonds is 2. The van der Waals surface area contributed by atoms with Gasteiger partial charge in [0, 0.05) is 0 Å². The molecule has 3 rings (SSSR count). The summed E-state index contributed by atoms with van der Waals surface area (Å²) in [6, 6.07) is 8.32. The van der Waals surface area contributed by atoms with Crippen LogP contribution in [-0.2, 0) is 6.54 Å². The van der Waals surface area contributed by atoms with Crippen molar-refractivity contribution in [3.8, 4) is 0 Å². The number of hydrogen-bond donors (Lipinski definition) is 1. The zero-order valence-corrected chi connectivity index (χ0v) is 10.5. The van der Waals surface area contributed by atoms with Gasteiger partial charge in [-0.15, -0.1) is 0 Å². The third-order valence-corrected chi connectivity index (χ3v) is 3.17. The van der Waals surface area contributed by atoms with Crippen LogP contribution in [0.1, 0.15) is 5.76 Å². The van der Waals surface area contributed by atoms with Gasteiger partial charge in [0.2, 0.25) is 0 Å². The van der Waals surface area contributed by atoms with E-state index in [4.69, 9.17) is 16.0 Å². The highest BCUT2D eigenvalue weighted by molar-refractivity contribution is 6.35. The van der Waals surface area contributed by atoms with Gasteiger partial charge in [0.05, 0.1) is 28.7 Å². The van der Waals surface area contributed by atoms with E-state index in [1.54, 1.807) is 30.3 Å². The van der Waals surface area contributed by atoms with Crippen molar-refractivity contribution in [1.29, 1.82) is 0 Å². The van der Waals surface area contributed by atoms with E-state index in [0.717, 1.165) is 4.57 Å². The molecule has 0 fully saturated rings. The Kier molecular flexibility index (Phi) is 2.76. The molecule has 96 valence electrons. The van der Waals surface area contributed by atoms with E-state index in [2.05, 4.69) is 4.98 Å². The van der Waals surface area contributed by atoms with Crippen LogP contribution < -0.4 is 11.2 Å². The van der Waals surface area contributed by atoms with Crippen molar-refractivity contribution >= 4 is 22.5 Å². The van der Waals surface area contributed by atoms with Gasteiger partial charge in [-0.2, -0.15) is 0 Å². The summed E-state index contributed by atoms with van der Waals surface area (Å²) in [5.41, 5.74) is -0.491. The van der Waals surface area contributed by atoms with Gasteiger partial charge < -0.3 is 9.40 Å². The zero-order chi connectivity index (χ0) is 13.4. The minimum atomic E-state index is -0.490. The first-order chi connectivity index (χ1) is 9.16. The van der Waals surface area contributed by atoms with Crippen LogP contribution in [-0.4, -0.2) is 9.55 Å². The quantitative estimate of drug-likeness (QED) is 0.778. The molecule has 5 nitrogen and oxygen atoms in total. The SMILES string of the molecule is O=c1[nH]c2cccc(Cl)c2c(=O)n1Cc1ccco1. The largest absolute Gasteiger partial charge is 0.467 e. The molecule has 0 bridgehead atoms. The highest BCUT2D eigenvalue weighted by Crippen LogP contribution is 2.17. The van der Waals surface area contributed by atoms with Crippen LogP contribution in [0.5, 0.6) is 0 Å². The van der Waals surface area contributed by atoms with Gasteiger partial charge in [0.25, 0.3) is 5.56 Å². The third kappa shape index (κ3) is 1.98. The summed E-state index contributed by atoms with van der Waals surface area (Å²) in [6.45, 7) is 0.0718. The molecule has 0 aliphatic carbocycles. The van der Waals surface area contributed by atoms with Gasteiger partial charge >= 0.3 is 5.69 Å². The summed E-state index contributed by atoms with van der Waals surface area (Å²) in [4.78, 5) is 26.9. The summed E-state index contributed by atoms with van der Waals surface area (Å²) in [5, 5.41) is 0.613. The maximum Gasteiger partial charge on any atom is 0.329 e. The van der Waals surface area contributed by atoms with E-state index in [1.165, 1.54) is 6.26 Å². The fraction of sp³-hybridized carbons (Fsp3) is 0.0769. The van der Waals surface area contributed by atoms with Crippen molar-refractivity contribution in [2.75, 3.05) is 0 Å². The van der Waals surface area contributed by atoms with Gasteiger partial charge in [0.15, 0.2) is 0 Å². The minimum Gasteiger partial charge on any atom is -0.467 e. The summed E-state index contributed by atoms with van der Waals surface area (Å²) < 4.78 is 6.21. The summed E-state index contributed by atoms with van der Waals surface area (Å²) in [5.74, 6) is 0.527. The molecule has 0 aliphatic rings. The molecule has 0 saturated heterocycles. The van der Waals surface area contributed by atoms with Gasteiger partial charge in [-0.1, -0.05) is 17.7 Å². The van der Waals surface area contributed by atoms with Crippen LogP contribution in [0, 0.1) is 0 Å². The van der Waals surface area contributed by atoms with Crippen LogP contribution in [0.4, 0.5) is 0 Å². The Bertz CT molecular complexity index is 846. The molecule has 0 saturated carbocycles. The van der Waals surface area contributed by atoms with Gasteiger partial charge in [0.1, 0.15) is 5.76 Å². The molecule has 2 heterocycles. The zero-order valence-electron chi connectivity index (χ0n) is 9.72. The summed E-state index contributed by atoms with van der Waals surface area (Å²) in [6.07, 6.45) is 1.49. The molecule has 3 aromatic rings. The predicted octanol–water partition coefficient (Wildman–Crippen LogP) is 1.98. The lowest BCUT2D eigenvalue weighted by molar-refractivity contribution is 0.485. The highest BCUT2D eigenvalue weighted by atomic mass is 35.5. The fourth-order valence-corrected chi connectivity index (χ4v) is 2.21. The van der Waals surface area contributed by atoms with Crippen molar-refractivity contribution in [3.63, 3.8) is 0 Å². The van der Waals surface area contributed by atoms with E-state index >= 15 is 0 Å². The number of nitrogens with one attached hydrogen (secondary N) is 1. The lowest BCUT2D eigenvalue weighted by Gasteiger charge is -2.05. The highest BCUT2D eigenvalue weighted by Gasteiger charge is 2.11. The van der Waals surface area contributed by atoms with Gasteiger partial charge in [-0.25, -0.2) is 4.79 Å². The number of benzene rings is 1. The Morgan fingerprint density at radius 3 is 2.79 bits per heavy atom. The second kappa shape index (κ2) is 4.44. The average molecular weight is 277 g/mol. The van der Waals surface area contributed by atoms with E-state index in [0.29, 0.717) is 21.7 Å². The number of furan rings is 1. The molecule has 0 amide bonds. The van der Waals surface area contributed by atoms with E-state index < -0.39 is 11.2 Å². The lowest BCUT2D eigenvalue weighted by atomic mass is 10.2. The smallest absolute Gasteiger partial charge is 0.329 e. The Balaban J connectivity index is 2.28. The fourth-order valence-electron chi connectivity index (χ4n) is 1.96. The van der Waals surface area contributed by atoms with Crippen LogP contribution in [0.15, 0.2) is 50.6 Å². The standard InChI is InChI=1S/C13H9ClN2O3/c14-9-4-1-5-10-11(9)12(17)16(13(18)15-10)7-8-3-2-6-19-8/h1-6H,7H2,(H,15,18). The van der Waals surface area contributed by atoms with Crippen LogP contribution >= 0.6 is 11.6 Å². The first-order valence-corrected chi connectivity index (χ1v) is 5.98. The predicted molar refractivity (Wildman–Crippen MR) is 71.6 cm³/mol. The van der Waals surface area contributed by atoms with Crippen molar-refractivity contribution in [2.45, 2.75) is 6.54 Å². The number of halogens is 1. The first-order valence-electron chi connectivity index (χ1n) is 5.60. The first kappa shape index (κ1) is 11.8. The molecule has 1 N–H and O–H groups in total. The molecule has 0 unspecified atom stereocenters.